The van der Waals surface area contributed by atoms with Crippen LogP contribution in [-0.4, -0.2) is 18.0 Å². The minimum Gasteiger partial charge on any atom is -0.380 e. The highest BCUT2D eigenvalue weighted by Crippen LogP contribution is 2.10. The maximum Gasteiger partial charge on any atom is 0.270 e. The molecule has 0 spiro atoms. The van der Waals surface area contributed by atoms with Crippen LogP contribution < -0.4 is 5.32 Å². The zero-order valence-corrected chi connectivity index (χ0v) is 11.1. The highest BCUT2D eigenvalue weighted by Gasteiger charge is 2.09. The van der Waals surface area contributed by atoms with Gasteiger partial charge in [0.2, 0.25) is 5.95 Å². The van der Waals surface area contributed by atoms with Crippen LogP contribution in [0.3, 0.4) is 0 Å². The second kappa shape index (κ2) is 6.77. The van der Waals surface area contributed by atoms with Gasteiger partial charge in [0, 0.05) is 13.7 Å². The van der Waals surface area contributed by atoms with E-state index in [9.17, 15) is 9.18 Å². The molecule has 1 heterocycles. The molecule has 20 heavy (non-hydrogen) atoms. The number of benzene rings is 1. The Morgan fingerprint density at radius 3 is 2.65 bits per heavy atom. The minimum atomic E-state index is -0.669. The van der Waals surface area contributed by atoms with E-state index in [4.69, 9.17) is 4.74 Å². The van der Waals surface area contributed by atoms with Gasteiger partial charge in [-0.05, 0) is 23.3 Å². The van der Waals surface area contributed by atoms with Gasteiger partial charge in [-0.3, -0.25) is 4.79 Å². The quantitative estimate of drug-likeness (QED) is 0.851. The van der Waals surface area contributed by atoms with Crippen LogP contribution in [0.15, 0.2) is 42.5 Å². The Morgan fingerprint density at radius 1 is 1.20 bits per heavy atom. The first kappa shape index (κ1) is 14.1. The highest BCUT2D eigenvalue weighted by atomic mass is 19.1. The largest absolute Gasteiger partial charge is 0.380 e. The molecule has 0 unspecified atom stereocenters. The Labute approximate surface area is 116 Å². The number of nitrogens with zero attached hydrogens (tertiary/aromatic N) is 1. The number of methoxy groups -OCH3 is 1. The predicted octanol–water partition coefficient (Wildman–Crippen LogP) is 2.30. The summed E-state index contributed by atoms with van der Waals surface area (Å²) in [4.78, 5) is 15.4. The van der Waals surface area contributed by atoms with Crippen LogP contribution in [0.2, 0.25) is 0 Å². The first-order valence-electron chi connectivity index (χ1n) is 6.17. The van der Waals surface area contributed by atoms with Crippen LogP contribution >= 0.6 is 0 Å². The fourth-order valence-electron chi connectivity index (χ4n) is 1.83. The van der Waals surface area contributed by atoms with Crippen molar-refractivity contribution in [2.24, 2.45) is 0 Å². The molecule has 0 saturated heterocycles. The van der Waals surface area contributed by atoms with Gasteiger partial charge in [-0.25, -0.2) is 4.98 Å². The maximum atomic E-state index is 12.9. The lowest BCUT2D eigenvalue weighted by Crippen LogP contribution is -2.24. The average Bonchev–Trinajstić information content (AvgIpc) is 2.46. The second-order valence-electron chi connectivity index (χ2n) is 4.23. The first-order valence-corrected chi connectivity index (χ1v) is 6.17. The van der Waals surface area contributed by atoms with Gasteiger partial charge < -0.3 is 10.1 Å². The number of hydrogen-bond donors (Lipinski definition) is 1. The molecular weight excluding hydrogens is 259 g/mol. The number of nitrogens with one attached hydrogen (secondary N) is 1. The zero-order chi connectivity index (χ0) is 14.4. The van der Waals surface area contributed by atoms with E-state index in [1.807, 2.05) is 24.3 Å². The maximum absolute atomic E-state index is 12.9. The van der Waals surface area contributed by atoms with Crippen LogP contribution in [0, 0.1) is 5.95 Å². The summed E-state index contributed by atoms with van der Waals surface area (Å²) in [5.74, 6) is -1.07. The Bertz CT molecular complexity index is 602. The van der Waals surface area contributed by atoms with E-state index in [-0.39, 0.29) is 5.69 Å². The lowest BCUT2D eigenvalue weighted by molar-refractivity contribution is 0.0944. The standard InChI is InChI=1S/C15H15FN2O2/c1-20-10-12-6-3-2-5-11(12)9-17-15(19)13-7-4-8-14(16)18-13/h2-8H,9-10H2,1H3,(H,17,19). The summed E-state index contributed by atoms with van der Waals surface area (Å²) in [6, 6.07) is 11.8. The summed E-state index contributed by atoms with van der Waals surface area (Å²) in [5.41, 5.74) is 2.02. The van der Waals surface area contributed by atoms with E-state index in [0.717, 1.165) is 11.1 Å². The number of aromatic nitrogens is 1. The van der Waals surface area contributed by atoms with Gasteiger partial charge in [-0.1, -0.05) is 30.3 Å². The van der Waals surface area contributed by atoms with Gasteiger partial charge in [0.25, 0.3) is 5.91 Å². The van der Waals surface area contributed by atoms with Crippen molar-refractivity contribution < 1.29 is 13.9 Å². The third-order valence-corrected chi connectivity index (χ3v) is 2.81. The van der Waals surface area contributed by atoms with Crippen molar-refractivity contribution in [3.63, 3.8) is 0 Å². The molecule has 0 atom stereocenters. The van der Waals surface area contributed by atoms with Crippen molar-refractivity contribution in [1.82, 2.24) is 10.3 Å². The molecule has 0 fully saturated rings. The molecule has 0 saturated carbocycles. The van der Waals surface area contributed by atoms with Gasteiger partial charge in [-0.15, -0.1) is 0 Å². The molecule has 1 amide bonds. The van der Waals surface area contributed by atoms with E-state index in [1.165, 1.54) is 18.2 Å². The molecule has 4 nitrogen and oxygen atoms in total. The van der Waals surface area contributed by atoms with Crippen molar-refractivity contribution in [1.29, 1.82) is 0 Å². The predicted molar refractivity (Wildman–Crippen MR) is 72.5 cm³/mol. The topological polar surface area (TPSA) is 51.2 Å². The number of hydrogen-bond acceptors (Lipinski definition) is 3. The fourth-order valence-corrected chi connectivity index (χ4v) is 1.83. The monoisotopic (exact) mass is 274 g/mol. The molecule has 0 aliphatic carbocycles. The van der Waals surface area contributed by atoms with E-state index in [2.05, 4.69) is 10.3 Å². The SMILES string of the molecule is COCc1ccccc1CNC(=O)c1cccc(F)n1. The fraction of sp³-hybridized carbons (Fsp3) is 0.200. The highest BCUT2D eigenvalue weighted by molar-refractivity contribution is 5.92. The first-order chi connectivity index (χ1) is 9.70. The van der Waals surface area contributed by atoms with E-state index in [1.54, 1.807) is 7.11 Å². The van der Waals surface area contributed by atoms with Crippen LogP contribution in [0.1, 0.15) is 21.6 Å². The molecule has 0 aliphatic heterocycles. The molecule has 2 rings (SSSR count). The number of carbonyl (C=O) groups excluding carboxylic acids is 1. The average molecular weight is 274 g/mol. The smallest absolute Gasteiger partial charge is 0.270 e. The number of carbonyl (C=O) groups is 1. The van der Waals surface area contributed by atoms with E-state index < -0.39 is 11.9 Å². The molecule has 0 bridgehead atoms. The van der Waals surface area contributed by atoms with Crippen LogP contribution in [0.25, 0.3) is 0 Å². The molecule has 5 heteroatoms. The Balaban J connectivity index is 2.03. The molecule has 1 aromatic heterocycles. The Kier molecular flexibility index (Phi) is 4.79. The van der Waals surface area contributed by atoms with Gasteiger partial charge in [0.05, 0.1) is 6.61 Å². The lowest BCUT2D eigenvalue weighted by atomic mass is 10.1. The number of rotatable bonds is 5. The second-order valence-corrected chi connectivity index (χ2v) is 4.23. The summed E-state index contributed by atoms with van der Waals surface area (Å²) in [7, 11) is 1.62. The normalized spacial score (nSPS) is 10.3. The molecule has 1 N–H and O–H groups in total. The van der Waals surface area contributed by atoms with Crippen LogP contribution in [0.5, 0.6) is 0 Å². The number of amides is 1. The van der Waals surface area contributed by atoms with E-state index in [0.29, 0.717) is 13.2 Å². The minimum absolute atomic E-state index is 0.0641. The number of halogens is 1. The van der Waals surface area contributed by atoms with E-state index >= 15 is 0 Å². The van der Waals surface area contributed by atoms with Crippen molar-refractivity contribution in [2.75, 3.05) is 7.11 Å². The molecule has 0 aliphatic rings. The molecule has 1 aromatic carbocycles. The Hall–Kier alpha value is -2.27. The van der Waals surface area contributed by atoms with Crippen molar-refractivity contribution in [3.05, 3.63) is 65.2 Å². The van der Waals surface area contributed by atoms with Gasteiger partial charge in [0.1, 0.15) is 5.69 Å². The molecule has 2 aromatic rings. The van der Waals surface area contributed by atoms with Crippen molar-refractivity contribution in [2.45, 2.75) is 13.2 Å². The summed E-state index contributed by atoms with van der Waals surface area (Å²) in [6.45, 7) is 0.820. The third-order valence-electron chi connectivity index (χ3n) is 2.81. The zero-order valence-electron chi connectivity index (χ0n) is 11.1. The molecular formula is C15H15FN2O2. The van der Waals surface area contributed by atoms with Gasteiger partial charge in [-0.2, -0.15) is 4.39 Å². The summed E-state index contributed by atoms with van der Waals surface area (Å²) in [5, 5.41) is 2.72. The van der Waals surface area contributed by atoms with Crippen LogP contribution in [0.4, 0.5) is 4.39 Å². The Morgan fingerprint density at radius 2 is 1.95 bits per heavy atom. The van der Waals surface area contributed by atoms with Gasteiger partial charge in [0.15, 0.2) is 0 Å². The van der Waals surface area contributed by atoms with Crippen molar-refractivity contribution >= 4 is 5.91 Å². The van der Waals surface area contributed by atoms with Gasteiger partial charge >= 0.3 is 0 Å². The summed E-state index contributed by atoms with van der Waals surface area (Å²) < 4.78 is 18.0. The summed E-state index contributed by atoms with van der Waals surface area (Å²) >= 11 is 0. The molecule has 104 valence electrons. The lowest BCUT2D eigenvalue weighted by Gasteiger charge is -2.09. The van der Waals surface area contributed by atoms with Crippen LogP contribution in [-0.2, 0) is 17.9 Å². The molecule has 0 radical (unpaired) electrons. The van der Waals surface area contributed by atoms with Crippen molar-refractivity contribution in [3.8, 4) is 0 Å². The number of ether oxygens (including phenoxy) is 1. The summed E-state index contributed by atoms with van der Waals surface area (Å²) in [6.07, 6.45) is 0. The number of pyridine rings is 1. The third kappa shape index (κ3) is 3.61.